The van der Waals surface area contributed by atoms with Crippen molar-refractivity contribution in [3.63, 3.8) is 0 Å². The summed E-state index contributed by atoms with van der Waals surface area (Å²) >= 11 is 1.85. The van der Waals surface area contributed by atoms with Crippen molar-refractivity contribution >= 4 is 17.5 Å². The lowest BCUT2D eigenvalue weighted by atomic mass is 10.4. The van der Waals surface area contributed by atoms with Crippen LogP contribution in [0.1, 0.15) is 13.3 Å². The van der Waals surface area contributed by atoms with E-state index in [1.54, 1.807) is 6.92 Å². The van der Waals surface area contributed by atoms with Crippen LogP contribution in [-0.2, 0) is 9.53 Å². The normalized spacial score (nSPS) is 18.5. The average molecular weight is 160 g/mol. The van der Waals surface area contributed by atoms with Gasteiger partial charge in [0.15, 0.2) is 0 Å². The molecule has 0 amide bonds. The molecule has 1 fully saturated rings. The molecule has 0 atom stereocenters. The van der Waals surface area contributed by atoms with E-state index in [1.807, 2.05) is 11.8 Å². The lowest BCUT2D eigenvalue weighted by Gasteiger charge is -2.24. The number of hydrogen-bond donors (Lipinski definition) is 0. The molecule has 0 bridgehead atoms. The summed E-state index contributed by atoms with van der Waals surface area (Å²) < 4.78 is 4.99. The Balaban J connectivity index is 1.89. The molecule has 0 N–H and O–H groups in total. The van der Waals surface area contributed by atoms with E-state index in [1.165, 1.54) is 0 Å². The number of carbonyl (C=O) groups excluding carboxylic acids is 1. The van der Waals surface area contributed by atoms with E-state index in [4.69, 9.17) is 4.74 Å². The minimum Gasteiger partial charge on any atom is -0.379 e. The van der Waals surface area contributed by atoms with Gasteiger partial charge in [-0.25, -0.2) is 0 Å². The summed E-state index contributed by atoms with van der Waals surface area (Å²) in [5.74, 6) is 1.25. The predicted octanol–water partition coefficient (Wildman–Crippen LogP) is 1.10. The molecule has 0 unspecified atom stereocenters. The number of ether oxygens (including phenoxy) is 1. The monoisotopic (exact) mass is 160 g/mol. The maximum atomic E-state index is 10.5. The number of hydrogen-bond acceptors (Lipinski definition) is 3. The van der Waals surface area contributed by atoms with E-state index < -0.39 is 0 Å². The molecule has 1 saturated heterocycles. The highest BCUT2D eigenvalue weighted by Gasteiger charge is 2.17. The first-order chi connectivity index (χ1) is 4.79. The largest absolute Gasteiger partial charge is 0.379 e. The van der Waals surface area contributed by atoms with E-state index >= 15 is 0 Å². The summed E-state index contributed by atoms with van der Waals surface area (Å²) in [4.78, 5) is 10.5. The highest BCUT2D eigenvalue weighted by molar-refractivity contribution is 8.00. The van der Waals surface area contributed by atoms with Gasteiger partial charge in [0.1, 0.15) is 5.78 Å². The molecule has 0 spiro atoms. The first kappa shape index (κ1) is 8.08. The molecule has 58 valence electrons. The van der Waals surface area contributed by atoms with E-state index in [-0.39, 0.29) is 5.78 Å². The third-order valence-corrected chi connectivity index (χ3v) is 2.60. The molecular formula is C7H12O2S. The van der Waals surface area contributed by atoms with Crippen molar-refractivity contribution in [1.82, 2.24) is 0 Å². The van der Waals surface area contributed by atoms with Crippen LogP contribution in [0.15, 0.2) is 0 Å². The highest BCUT2D eigenvalue weighted by atomic mass is 32.2. The number of carbonyl (C=O) groups is 1. The van der Waals surface area contributed by atoms with Crippen molar-refractivity contribution in [1.29, 1.82) is 0 Å². The second kappa shape index (κ2) is 3.98. The number of thioether (sulfide) groups is 1. The lowest BCUT2D eigenvalue weighted by Crippen LogP contribution is -2.30. The van der Waals surface area contributed by atoms with Gasteiger partial charge in [0.05, 0.1) is 18.5 Å². The summed E-state index contributed by atoms with van der Waals surface area (Å²) in [5.41, 5.74) is 0. The smallest absolute Gasteiger partial charge is 0.130 e. The number of rotatable bonds is 4. The van der Waals surface area contributed by atoms with E-state index in [2.05, 4.69) is 0 Å². The molecule has 0 saturated carbocycles. The molecule has 0 radical (unpaired) electrons. The van der Waals surface area contributed by atoms with Gasteiger partial charge in [-0.2, -0.15) is 11.8 Å². The molecule has 1 aliphatic rings. The molecule has 10 heavy (non-hydrogen) atoms. The van der Waals surface area contributed by atoms with Crippen molar-refractivity contribution in [2.24, 2.45) is 0 Å². The Kier molecular flexibility index (Phi) is 3.22. The van der Waals surface area contributed by atoms with Crippen molar-refractivity contribution < 1.29 is 9.53 Å². The van der Waals surface area contributed by atoms with Crippen LogP contribution < -0.4 is 0 Å². The molecule has 1 aliphatic heterocycles. The van der Waals surface area contributed by atoms with Crippen LogP contribution >= 0.6 is 11.8 Å². The van der Waals surface area contributed by atoms with Gasteiger partial charge in [0, 0.05) is 12.2 Å². The Labute approximate surface area is 65.3 Å². The quantitative estimate of drug-likeness (QED) is 0.616. The van der Waals surface area contributed by atoms with Gasteiger partial charge >= 0.3 is 0 Å². The summed E-state index contributed by atoms with van der Waals surface area (Å²) in [6.07, 6.45) is 0.709. The zero-order chi connectivity index (χ0) is 7.40. The number of Topliss-reactive ketones (excluding diaryl/α,β-unsaturated/α-hetero) is 1. The second-order valence-corrected chi connectivity index (χ2v) is 3.89. The molecule has 0 aromatic carbocycles. The fourth-order valence-corrected chi connectivity index (χ4v) is 1.80. The summed E-state index contributed by atoms with van der Waals surface area (Å²) in [6.45, 7) is 3.39. The maximum absolute atomic E-state index is 10.5. The predicted molar refractivity (Wildman–Crippen MR) is 42.4 cm³/mol. The van der Waals surface area contributed by atoms with E-state index in [0.717, 1.165) is 19.0 Å². The summed E-state index contributed by atoms with van der Waals surface area (Å²) in [6, 6.07) is 0. The van der Waals surface area contributed by atoms with Gasteiger partial charge in [0.25, 0.3) is 0 Å². The Hall–Kier alpha value is -0.0200. The fourth-order valence-electron chi connectivity index (χ4n) is 0.680. The third kappa shape index (κ3) is 2.71. The zero-order valence-corrected chi connectivity index (χ0v) is 6.95. The minimum atomic E-state index is 0.285. The van der Waals surface area contributed by atoms with Crippen LogP contribution in [0.3, 0.4) is 0 Å². The van der Waals surface area contributed by atoms with Crippen LogP contribution in [0.5, 0.6) is 0 Å². The third-order valence-electron chi connectivity index (χ3n) is 1.42. The molecule has 0 aliphatic carbocycles. The molecular weight excluding hydrogens is 148 g/mol. The van der Waals surface area contributed by atoms with Crippen LogP contribution in [0, 0.1) is 0 Å². The Morgan fingerprint density at radius 3 is 2.80 bits per heavy atom. The molecule has 1 heterocycles. The summed E-state index contributed by atoms with van der Waals surface area (Å²) in [7, 11) is 0. The van der Waals surface area contributed by atoms with E-state index in [9.17, 15) is 4.79 Å². The second-order valence-electron chi connectivity index (χ2n) is 2.48. The van der Waals surface area contributed by atoms with Gasteiger partial charge in [-0.05, 0) is 6.92 Å². The van der Waals surface area contributed by atoms with Gasteiger partial charge < -0.3 is 4.74 Å². The molecule has 1 rings (SSSR count). The first-order valence-corrected chi connectivity index (χ1v) is 4.52. The maximum Gasteiger partial charge on any atom is 0.130 e. The van der Waals surface area contributed by atoms with Crippen molar-refractivity contribution in [2.75, 3.05) is 19.0 Å². The van der Waals surface area contributed by atoms with Crippen LogP contribution in [-0.4, -0.2) is 30.0 Å². The van der Waals surface area contributed by atoms with Crippen LogP contribution in [0.2, 0.25) is 0 Å². The molecule has 2 nitrogen and oxygen atoms in total. The minimum absolute atomic E-state index is 0.285. The zero-order valence-electron chi connectivity index (χ0n) is 6.13. The molecule has 0 aromatic rings. The van der Waals surface area contributed by atoms with Crippen molar-refractivity contribution in [3.8, 4) is 0 Å². The summed E-state index contributed by atoms with van der Waals surface area (Å²) in [5, 5.41) is 0.666. The SMILES string of the molecule is CC(=O)CCSC1COC1. The Morgan fingerprint density at radius 2 is 2.40 bits per heavy atom. The van der Waals surface area contributed by atoms with Crippen molar-refractivity contribution in [3.05, 3.63) is 0 Å². The van der Waals surface area contributed by atoms with Crippen LogP contribution in [0.4, 0.5) is 0 Å². The van der Waals surface area contributed by atoms with Gasteiger partial charge in [0.2, 0.25) is 0 Å². The first-order valence-electron chi connectivity index (χ1n) is 3.48. The standard InChI is InChI=1S/C7H12O2S/c1-6(8)2-3-10-7-4-9-5-7/h7H,2-5H2,1H3. The van der Waals surface area contributed by atoms with E-state index in [0.29, 0.717) is 11.7 Å². The molecule has 0 aromatic heterocycles. The van der Waals surface area contributed by atoms with Gasteiger partial charge in [-0.3, -0.25) is 4.79 Å². The Bertz CT molecular complexity index is 121. The number of ketones is 1. The van der Waals surface area contributed by atoms with Gasteiger partial charge in [-0.15, -0.1) is 0 Å². The average Bonchev–Trinajstić information content (AvgIpc) is 1.75. The lowest BCUT2D eigenvalue weighted by molar-refractivity contribution is -0.116. The fraction of sp³-hybridized carbons (Fsp3) is 0.857. The Morgan fingerprint density at radius 1 is 1.70 bits per heavy atom. The topological polar surface area (TPSA) is 26.3 Å². The van der Waals surface area contributed by atoms with Crippen molar-refractivity contribution in [2.45, 2.75) is 18.6 Å². The van der Waals surface area contributed by atoms with Gasteiger partial charge in [-0.1, -0.05) is 0 Å². The highest BCUT2D eigenvalue weighted by Crippen LogP contribution is 2.19. The molecule has 3 heteroatoms. The van der Waals surface area contributed by atoms with Crippen LogP contribution in [0.25, 0.3) is 0 Å².